The van der Waals surface area contributed by atoms with Crippen LogP contribution in [0.1, 0.15) is 0 Å². The molecule has 1 heterocycles. The molecule has 0 spiro atoms. The average Bonchev–Trinajstić information content (AvgIpc) is 2.31. The van der Waals surface area contributed by atoms with Gasteiger partial charge < -0.3 is 4.74 Å². The van der Waals surface area contributed by atoms with Gasteiger partial charge in [-0.3, -0.25) is 0 Å². The second-order valence-corrected chi connectivity index (χ2v) is 4.62. The molecule has 8 heteroatoms. The summed E-state index contributed by atoms with van der Waals surface area (Å²) < 4.78 is 40.7. The van der Waals surface area contributed by atoms with Gasteiger partial charge in [0, 0.05) is 11.8 Å². The molecule has 0 atom stereocenters. The first kappa shape index (κ1) is 14.1. The Morgan fingerprint density at radius 2 is 2.00 bits per heavy atom. The summed E-state index contributed by atoms with van der Waals surface area (Å²) in [5, 5.41) is 0.173. The fourth-order valence-electron chi connectivity index (χ4n) is 1.32. The summed E-state index contributed by atoms with van der Waals surface area (Å²) in [5.41, 5.74) is 0.371. The summed E-state index contributed by atoms with van der Waals surface area (Å²) in [6, 6.07) is 5.35. The predicted molar refractivity (Wildman–Crippen MR) is 66.9 cm³/mol. The van der Waals surface area contributed by atoms with Crippen molar-refractivity contribution in [1.29, 1.82) is 0 Å². The Morgan fingerprint density at radius 3 is 2.63 bits per heavy atom. The standard InChI is InChI=1S/C11H5BrClF3N2O/c12-8-5-17-10(18-9(8)13)6-2-1-3-7(4-6)19-11(14,15)16/h1-5H. The van der Waals surface area contributed by atoms with E-state index in [2.05, 4.69) is 30.6 Å². The predicted octanol–water partition coefficient (Wildman–Crippen LogP) is 4.46. The third-order valence-corrected chi connectivity index (χ3v) is 3.12. The zero-order valence-electron chi connectivity index (χ0n) is 9.08. The summed E-state index contributed by atoms with van der Waals surface area (Å²) in [6.07, 6.45) is -3.32. The first-order valence-electron chi connectivity index (χ1n) is 4.89. The molecule has 0 unspecified atom stereocenters. The van der Waals surface area contributed by atoms with E-state index in [1.54, 1.807) is 6.07 Å². The molecule has 0 fully saturated rings. The Balaban J connectivity index is 2.35. The van der Waals surface area contributed by atoms with E-state index in [0.717, 1.165) is 0 Å². The van der Waals surface area contributed by atoms with Crippen molar-refractivity contribution in [2.24, 2.45) is 0 Å². The van der Waals surface area contributed by atoms with Gasteiger partial charge in [0.25, 0.3) is 0 Å². The molecule has 0 amide bonds. The van der Waals surface area contributed by atoms with Gasteiger partial charge in [-0.15, -0.1) is 13.2 Å². The van der Waals surface area contributed by atoms with Gasteiger partial charge >= 0.3 is 6.36 Å². The average molecular weight is 354 g/mol. The summed E-state index contributed by atoms with van der Waals surface area (Å²) >= 11 is 8.93. The van der Waals surface area contributed by atoms with E-state index in [1.165, 1.54) is 24.4 Å². The second-order valence-electron chi connectivity index (χ2n) is 3.41. The number of hydrogen-bond acceptors (Lipinski definition) is 3. The second kappa shape index (κ2) is 5.34. The number of ether oxygens (including phenoxy) is 1. The van der Waals surface area contributed by atoms with Gasteiger partial charge in [0.05, 0.1) is 4.47 Å². The Morgan fingerprint density at radius 1 is 1.26 bits per heavy atom. The molecule has 100 valence electrons. The largest absolute Gasteiger partial charge is 0.573 e. The van der Waals surface area contributed by atoms with Crippen molar-refractivity contribution in [2.45, 2.75) is 6.36 Å². The van der Waals surface area contributed by atoms with Crippen molar-refractivity contribution in [2.75, 3.05) is 0 Å². The van der Waals surface area contributed by atoms with Crippen LogP contribution in [0.25, 0.3) is 11.4 Å². The van der Waals surface area contributed by atoms with E-state index < -0.39 is 6.36 Å². The Labute approximate surface area is 119 Å². The number of nitrogens with zero attached hydrogens (tertiary/aromatic N) is 2. The lowest BCUT2D eigenvalue weighted by Gasteiger charge is -2.09. The van der Waals surface area contributed by atoms with Crippen molar-refractivity contribution in [3.05, 3.63) is 40.1 Å². The van der Waals surface area contributed by atoms with E-state index in [-0.39, 0.29) is 16.7 Å². The fraction of sp³-hybridized carbons (Fsp3) is 0.0909. The van der Waals surface area contributed by atoms with Gasteiger partial charge in [-0.1, -0.05) is 23.7 Å². The molecule has 0 aliphatic heterocycles. The Kier molecular flexibility index (Phi) is 3.96. The molecule has 19 heavy (non-hydrogen) atoms. The van der Waals surface area contributed by atoms with Crippen LogP contribution in [0.15, 0.2) is 34.9 Å². The minimum atomic E-state index is -4.74. The lowest BCUT2D eigenvalue weighted by atomic mass is 10.2. The number of alkyl halides is 3. The molecule has 2 rings (SSSR count). The number of aromatic nitrogens is 2. The van der Waals surface area contributed by atoms with Crippen molar-refractivity contribution < 1.29 is 17.9 Å². The topological polar surface area (TPSA) is 35.0 Å². The smallest absolute Gasteiger partial charge is 0.406 e. The molecule has 2 aromatic rings. The molecule has 1 aromatic carbocycles. The van der Waals surface area contributed by atoms with Gasteiger partial charge in [-0.2, -0.15) is 0 Å². The molecular formula is C11H5BrClF3N2O. The highest BCUT2D eigenvalue weighted by molar-refractivity contribution is 9.10. The third-order valence-electron chi connectivity index (χ3n) is 2.03. The highest BCUT2D eigenvalue weighted by atomic mass is 79.9. The van der Waals surface area contributed by atoms with Crippen molar-refractivity contribution in [3.63, 3.8) is 0 Å². The first-order chi connectivity index (χ1) is 8.85. The molecule has 0 saturated carbocycles. The quantitative estimate of drug-likeness (QED) is 0.748. The Bertz CT molecular complexity index is 607. The minimum Gasteiger partial charge on any atom is -0.406 e. The van der Waals surface area contributed by atoms with Crippen LogP contribution in [0.2, 0.25) is 5.15 Å². The van der Waals surface area contributed by atoms with Crippen LogP contribution in [-0.2, 0) is 0 Å². The lowest BCUT2D eigenvalue weighted by Crippen LogP contribution is -2.17. The van der Waals surface area contributed by atoms with E-state index in [4.69, 9.17) is 11.6 Å². The van der Waals surface area contributed by atoms with Crippen molar-refractivity contribution in [1.82, 2.24) is 9.97 Å². The molecule has 0 saturated heterocycles. The van der Waals surface area contributed by atoms with Gasteiger partial charge in [0.2, 0.25) is 0 Å². The van der Waals surface area contributed by atoms with Crippen LogP contribution in [0.3, 0.4) is 0 Å². The van der Waals surface area contributed by atoms with E-state index in [1.807, 2.05) is 0 Å². The summed E-state index contributed by atoms with van der Waals surface area (Å²) in [7, 11) is 0. The number of benzene rings is 1. The van der Waals surface area contributed by atoms with Crippen LogP contribution in [-0.4, -0.2) is 16.3 Å². The van der Waals surface area contributed by atoms with Crippen molar-refractivity contribution in [3.8, 4) is 17.1 Å². The molecular weight excluding hydrogens is 348 g/mol. The Hall–Kier alpha value is -1.34. The molecule has 0 radical (unpaired) electrons. The maximum Gasteiger partial charge on any atom is 0.573 e. The molecule has 1 aromatic heterocycles. The van der Waals surface area contributed by atoms with Crippen LogP contribution in [0.5, 0.6) is 5.75 Å². The van der Waals surface area contributed by atoms with Gasteiger partial charge in [0.15, 0.2) is 5.82 Å². The normalized spacial score (nSPS) is 11.4. The maximum atomic E-state index is 12.1. The fourth-order valence-corrected chi connectivity index (χ4v) is 1.64. The highest BCUT2D eigenvalue weighted by Crippen LogP contribution is 2.28. The zero-order valence-corrected chi connectivity index (χ0v) is 11.4. The zero-order chi connectivity index (χ0) is 14.0. The first-order valence-corrected chi connectivity index (χ1v) is 6.06. The van der Waals surface area contributed by atoms with Gasteiger partial charge in [-0.05, 0) is 28.1 Å². The number of rotatable bonds is 2. The lowest BCUT2D eigenvalue weighted by molar-refractivity contribution is -0.274. The van der Waals surface area contributed by atoms with Crippen molar-refractivity contribution >= 4 is 27.5 Å². The molecule has 0 aliphatic rings. The monoisotopic (exact) mass is 352 g/mol. The molecule has 0 N–H and O–H groups in total. The van der Waals surface area contributed by atoms with E-state index in [0.29, 0.717) is 10.0 Å². The number of hydrogen-bond donors (Lipinski definition) is 0. The van der Waals surface area contributed by atoms with Crippen LogP contribution < -0.4 is 4.74 Å². The minimum absolute atomic E-state index is 0.173. The molecule has 0 bridgehead atoms. The summed E-state index contributed by atoms with van der Waals surface area (Å²) in [6.45, 7) is 0. The van der Waals surface area contributed by atoms with Gasteiger partial charge in [0.1, 0.15) is 10.9 Å². The van der Waals surface area contributed by atoms with E-state index >= 15 is 0 Å². The van der Waals surface area contributed by atoms with Gasteiger partial charge in [-0.25, -0.2) is 9.97 Å². The third kappa shape index (κ3) is 3.81. The number of halogens is 5. The summed E-state index contributed by atoms with van der Waals surface area (Å²) in [4.78, 5) is 7.92. The SMILES string of the molecule is FC(F)(F)Oc1cccc(-c2ncc(Br)c(Cl)n2)c1. The highest BCUT2D eigenvalue weighted by Gasteiger charge is 2.31. The maximum absolute atomic E-state index is 12.1. The van der Waals surface area contributed by atoms with Crippen LogP contribution in [0.4, 0.5) is 13.2 Å². The summed E-state index contributed by atoms with van der Waals surface area (Å²) in [5.74, 6) is -0.131. The molecule has 3 nitrogen and oxygen atoms in total. The van der Waals surface area contributed by atoms with E-state index in [9.17, 15) is 13.2 Å². The van der Waals surface area contributed by atoms with Crippen LogP contribution >= 0.6 is 27.5 Å². The van der Waals surface area contributed by atoms with Crippen LogP contribution in [0, 0.1) is 0 Å². The molecule has 0 aliphatic carbocycles.